The molecule has 1 atom stereocenters. The molecule has 0 saturated heterocycles. The van der Waals surface area contributed by atoms with Crippen molar-refractivity contribution in [3.05, 3.63) is 45.2 Å². The standard InChI is InChI=1S/C21H24ClNO6/c1-12(2)17-11-29-19-9-20(28-6-4-5-27-3)15(22)7-13(19)16-8-18(24)14(21(25)26)10-23(16)17/h7-10,12,17H,4-6,11H2,1-3H3,(H,25,26)/t17-/m1/s1. The molecule has 0 aliphatic carbocycles. The maximum atomic E-state index is 12.4. The predicted octanol–water partition coefficient (Wildman–Crippen LogP) is 3.87. The summed E-state index contributed by atoms with van der Waals surface area (Å²) in [6.45, 7) is 5.38. The van der Waals surface area contributed by atoms with Gasteiger partial charge in [-0.05, 0) is 12.0 Å². The highest BCUT2D eigenvalue weighted by Crippen LogP contribution is 2.42. The van der Waals surface area contributed by atoms with Crippen molar-refractivity contribution in [1.82, 2.24) is 4.57 Å². The molecule has 0 unspecified atom stereocenters. The molecule has 0 saturated carbocycles. The molecule has 1 aliphatic heterocycles. The lowest BCUT2D eigenvalue weighted by Crippen LogP contribution is -2.25. The number of carboxylic acids is 1. The number of hydrogen-bond acceptors (Lipinski definition) is 5. The van der Waals surface area contributed by atoms with Crippen LogP contribution < -0.4 is 14.9 Å². The lowest BCUT2D eigenvalue weighted by molar-refractivity contribution is 0.0694. The Morgan fingerprint density at radius 3 is 2.76 bits per heavy atom. The van der Waals surface area contributed by atoms with Crippen molar-refractivity contribution >= 4 is 17.6 Å². The zero-order valence-corrected chi connectivity index (χ0v) is 17.4. The molecule has 8 heteroatoms. The summed E-state index contributed by atoms with van der Waals surface area (Å²) in [7, 11) is 1.63. The molecular weight excluding hydrogens is 398 g/mol. The van der Waals surface area contributed by atoms with Crippen LogP contribution in [0.15, 0.2) is 29.2 Å². The molecule has 1 aromatic heterocycles. The second kappa shape index (κ2) is 8.88. The van der Waals surface area contributed by atoms with Crippen LogP contribution >= 0.6 is 11.6 Å². The van der Waals surface area contributed by atoms with E-state index in [0.29, 0.717) is 47.6 Å². The third-order valence-electron chi connectivity index (χ3n) is 4.91. The number of hydrogen-bond donors (Lipinski definition) is 1. The molecule has 1 N–H and O–H groups in total. The summed E-state index contributed by atoms with van der Waals surface area (Å²) < 4.78 is 18.6. The van der Waals surface area contributed by atoms with Crippen LogP contribution in [0.1, 0.15) is 36.7 Å². The van der Waals surface area contributed by atoms with Gasteiger partial charge in [0.25, 0.3) is 0 Å². The number of aromatic carboxylic acids is 1. The second-order valence-corrected chi connectivity index (χ2v) is 7.65. The van der Waals surface area contributed by atoms with E-state index >= 15 is 0 Å². The highest BCUT2D eigenvalue weighted by molar-refractivity contribution is 6.32. The minimum atomic E-state index is -1.25. The number of nitrogens with zero attached hydrogens (tertiary/aromatic N) is 1. The molecule has 7 nitrogen and oxygen atoms in total. The molecule has 3 rings (SSSR count). The number of halogens is 1. The predicted molar refractivity (Wildman–Crippen MR) is 109 cm³/mol. The van der Waals surface area contributed by atoms with Crippen molar-refractivity contribution in [3.8, 4) is 22.8 Å². The fourth-order valence-electron chi connectivity index (χ4n) is 3.32. The largest absolute Gasteiger partial charge is 0.492 e. The fraction of sp³-hybridized carbons (Fsp3) is 0.429. The maximum Gasteiger partial charge on any atom is 0.341 e. The molecule has 1 aromatic carbocycles. The molecule has 0 fully saturated rings. The van der Waals surface area contributed by atoms with Gasteiger partial charge in [0.15, 0.2) is 5.43 Å². The van der Waals surface area contributed by atoms with E-state index in [2.05, 4.69) is 0 Å². The minimum absolute atomic E-state index is 0.146. The van der Waals surface area contributed by atoms with Crippen molar-refractivity contribution in [2.24, 2.45) is 5.92 Å². The lowest BCUT2D eigenvalue weighted by Gasteiger charge is -2.24. The van der Waals surface area contributed by atoms with Gasteiger partial charge in [-0.2, -0.15) is 0 Å². The van der Waals surface area contributed by atoms with E-state index in [1.165, 1.54) is 12.3 Å². The molecular formula is C21H24ClNO6. The number of pyridine rings is 1. The average Bonchev–Trinajstić information content (AvgIpc) is 2.81. The summed E-state index contributed by atoms with van der Waals surface area (Å²) in [5.41, 5.74) is 0.359. The molecule has 2 aromatic rings. The molecule has 0 spiro atoms. The van der Waals surface area contributed by atoms with E-state index in [1.807, 2.05) is 13.8 Å². The van der Waals surface area contributed by atoms with E-state index in [1.54, 1.807) is 23.8 Å². The Morgan fingerprint density at radius 1 is 1.34 bits per heavy atom. The van der Waals surface area contributed by atoms with Gasteiger partial charge in [-0.25, -0.2) is 4.79 Å². The normalized spacial score (nSPS) is 15.3. The third kappa shape index (κ3) is 4.41. The van der Waals surface area contributed by atoms with Crippen LogP contribution in [0.4, 0.5) is 0 Å². The van der Waals surface area contributed by atoms with Gasteiger partial charge in [-0.15, -0.1) is 0 Å². The summed E-state index contributed by atoms with van der Waals surface area (Å²) in [6.07, 6.45) is 2.11. The smallest absolute Gasteiger partial charge is 0.341 e. The Bertz CT molecular complexity index is 968. The monoisotopic (exact) mass is 421 g/mol. The molecule has 2 heterocycles. The number of benzene rings is 1. The van der Waals surface area contributed by atoms with Gasteiger partial charge in [0, 0.05) is 44.0 Å². The van der Waals surface area contributed by atoms with Gasteiger partial charge in [0.1, 0.15) is 23.7 Å². The van der Waals surface area contributed by atoms with E-state index in [-0.39, 0.29) is 17.5 Å². The number of ether oxygens (including phenoxy) is 3. The Kier molecular flexibility index (Phi) is 6.49. The Balaban J connectivity index is 2.09. The minimum Gasteiger partial charge on any atom is -0.492 e. The first-order chi connectivity index (χ1) is 13.8. The van der Waals surface area contributed by atoms with Crippen LogP contribution in [-0.2, 0) is 4.74 Å². The SMILES string of the molecule is COCCCOc1cc2c(cc1Cl)-c1cc(=O)c(C(=O)O)cn1[C@@H](C(C)C)CO2. The number of fused-ring (bicyclic) bond motifs is 3. The van der Waals surface area contributed by atoms with E-state index in [9.17, 15) is 14.7 Å². The zero-order chi connectivity index (χ0) is 21.1. The van der Waals surface area contributed by atoms with Crippen molar-refractivity contribution in [2.45, 2.75) is 26.3 Å². The van der Waals surface area contributed by atoms with Crippen molar-refractivity contribution < 1.29 is 24.1 Å². The van der Waals surface area contributed by atoms with Crippen molar-refractivity contribution in [1.29, 1.82) is 0 Å². The van der Waals surface area contributed by atoms with Gasteiger partial charge >= 0.3 is 5.97 Å². The summed E-state index contributed by atoms with van der Waals surface area (Å²) in [5.74, 6) is -0.0837. The zero-order valence-electron chi connectivity index (χ0n) is 16.6. The van der Waals surface area contributed by atoms with Crippen LogP contribution in [0.5, 0.6) is 11.5 Å². The molecule has 0 bridgehead atoms. The van der Waals surface area contributed by atoms with Crippen LogP contribution in [0.2, 0.25) is 5.02 Å². The highest BCUT2D eigenvalue weighted by atomic mass is 35.5. The van der Waals surface area contributed by atoms with Gasteiger partial charge in [0.05, 0.1) is 23.4 Å². The van der Waals surface area contributed by atoms with Gasteiger partial charge < -0.3 is 23.9 Å². The summed E-state index contributed by atoms with van der Waals surface area (Å²) in [5, 5.41) is 9.75. The van der Waals surface area contributed by atoms with E-state index in [0.717, 1.165) is 6.42 Å². The fourth-order valence-corrected chi connectivity index (χ4v) is 3.54. The number of methoxy groups -OCH3 is 1. The first-order valence-electron chi connectivity index (χ1n) is 9.41. The van der Waals surface area contributed by atoms with Crippen LogP contribution in [0.3, 0.4) is 0 Å². The molecule has 0 radical (unpaired) electrons. The van der Waals surface area contributed by atoms with Gasteiger partial charge in [-0.1, -0.05) is 25.4 Å². The first kappa shape index (κ1) is 21.2. The topological polar surface area (TPSA) is 87.0 Å². The van der Waals surface area contributed by atoms with Crippen molar-refractivity contribution in [2.75, 3.05) is 26.9 Å². The van der Waals surface area contributed by atoms with Crippen molar-refractivity contribution in [3.63, 3.8) is 0 Å². The number of rotatable bonds is 7. The Labute approximate surface area is 173 Å². The van der Waals surface area contributed by atoms with E-state index < -0.39 is 11.4 Å². The second-order valence-electron chi connectivity index (χ2n) is 7.24. The van der Waals surface area contributed by atoms with Crippen LogP contribution in [0.25, 0.3) is 11.3 Å². The average molecular weight is 422 g/mol. The quantitative estimate of drug-likeness (QED) is 0.683. The number of aromatic nitrogens is 1. The lowest BCUT2D eigenvalue weighted by atomic mass is 10.0. The molecule has 29 heavy (non-hydrogen) atoms. The molecule has 0 amide bonds. The highest BCUT2D eigenvalue weighted by Gasteiger charge is 2.27. The Hall–Kier alpha value is -2.51. The maximum absolute atomic E-state index is 12.4. The third-order valence-corrected chi connectivity index (χ3v) is 5.20. The number of carbonyl (C=O) groups is 1. The summed E-state index contributed by atoms with van der Waals surface area (Å²) in [6, 6.07) is 4.59. The van der Waals surface area contributed by atoms with E-state index in [4.69, 9.17) is 25.8 Å². The summed E-state index contributed by atoms with van der Waals surface area (Å²) >= 11 is 6.42. The molecule has 1 aliphatic rings. The summed E-state index contributed by atoms with van der Waals surface area (Å²) in [4.78, 5) is 23.9. The molecule has 156 valence electrons. The van der Waals surface area contributed by atoms with Gasteiger partial charge in [0.2, 0.25) is 0 Å². The van der Waals surface area contributed by atoms with Crippen LogP contribution in [-0.4, -0.2) is 42.6 Å². The van der Waals surface area contributed by atoms with Crippen LogP contribution in [0, 0.1) is 5.92 Å². The first-order valence-corrected chi connectivity index (χ1v) is 9.79. The van der Waals surface area contributed by atoms with Gasteiger partial charge in [-0.3, -0.25) is 4.79 Å². The number of carboxylic acid groups (broad SMARTS) is 1. The Morgan fingerprint density at radius 2 is 2.10 bits per heavy atom.